The van der Waals surface area contributed by atoms with E-state index in [1.807, 2.05) is 24.8 Å². The van der Waals surface area contributed by atoms with Crippen LogP contribution in [0.3, 0.4) is 0 Å². The molecule has 0 radical (unpaired) electrons. The monoisotopic (exact) mass is 1130 g/mol. The van der Waals surface area contributed by atoms with Crippen molar-refractivity contribution in [3.63, 3.8) is 0 Å². The van der Waals surface area contributed by atoms with E-state index in [-0.39, 0.29) is 0 Å². The van der Waals surface area contributed by atoms with Crippen molar-refractivity contribution in [3.8, 4) is 0 Å². The molecule has 16 aromatic rings. The van der Waals surface area contributed by atoms with Crippen molar-refractivity contribution >= 4 is 144 Å². The second-order valence-corrected chi connectivity index (χ2v) is 22.4. The molecular weight excluding hydrogens is 1080 g/mol. The molecule has 0 spiro atoms. The molecule has 0 atom stereocenters. The van der Waals surface area contributed by atoms with Crippen LogP contribution in [0.1, 0.15) is 22.3 Å². The van der Waals surface area contributed by atoms with Gasteiger partial charge in [-0.2, -0.15) is 0 Å². The largest absolute Gasteiger partial charge is 0.307 e. The van der Waals surface area contributed by atoms with Gasteiger partial charge in [-0.1, -0.05) is 146 Å². The molecule has 4 aromatic heterocycles. The third kappa shape index (κ3) is 8.36. The molecule has 0 fully saturated rings. The summed E-state index contributed by atoms with van der Waals surface area (Å²) in [6.45, 7) is 8.70. The minimum Gasteiger partial charge on any atom is -0.307 e. The van der Waals surface area contributed by atoms with Crippen LogP contribution < -0.4 is 19.6 Å². The van der Waals surface area contributed by atoms with Gasteiger partial charge in [0, 0.05) is 101 Å². The van der Waals surface area contributed by atoms with Gasteiger partial charge in [-0.25, -0.2) is 39.9 Å². The predicted molar refractivity (Wildman–Crippen MR) is 360 cm³/mol. The summed E-state index contributed by atoms with van der Waals surface area (Å²) in [5, 5.41) is 9.94. The van der Waals surface area contributed by atoms with Crippen molar-refractivity contribution in [1.29, 1.82) is 0 Å². The maximum absolute atomic E-state index is 5.10. The standard InChI is InChI=1S/C76H54N12/c1-47-25-29-51-39-77-43-81-69(51)73(47)85(55-17-9-5-10-18-55)63-37-64(86(56-19-11-6-12-20-56)74-48(2)26-30-52-40-78-44-82-70(52)74)60-35-36-62-66(88(58-23-15-8-16-24-58)76-50(4)28-32-54-42-80-46-84-72(54)76)38-65(61-34-33-59(63)67(60)68(61)62)87(57-21-13-7-14-22-57)75-49(3)27-31-53-41-79-45-83-71(53)75/h5-46H,1-4H3. The molecule has 12 heteroatoms. The van der Waals surface area contributed by atoms with Crippen LogP contribution in [0.4, 0.5) is 68.2 Å². The Balaban J connectivity index is 1.15. The fourth-order valence-electron chi connectivity index (χ4n) is 13.2. The van der Waals surface area contributed by atoms with E-state index in [0.717, 1.165) is 166 Å². The van der Waals surface area contributed by atoms with E-state index in [1.54, 1.807) is 25.3 Å². The first-order valence-corrected chi connectivity index (χ1v) is 29.3. The Labute approximate surface area is 507 Å². The minimum atomic E-state index is 0.831. The molecule has 16 rings (SSSR count). The molecule has 0 aliphatic rings. The molecule has 0 saturated carbocycles. The number of anilines is 12. The summed E-state index contributed by atoms with van der Waals surface area (Å²) in [6, 6.07) is 74.0. The van der Waals surface area contributed by atoms with Gasteiger partial charge >= 0.3 is 0 Å². The van der Waals surface area contributed by atoms with Crippen molar-refractivity contribution in [1.82, 2.24) is 39.9 Å². The molecule has 0 bridgehead atoms. The van der Waals surface area contributed by atoms with Gasteiger partial charge in [0.25, 0.3) is 0 Å². The molecule has 0 unspecified atom stereocenters. The number of para-hydroxylation sites is 4. The Morgan fingerprint density at radius 1 is 0.250 bits per heavy atom. The third-order valence-corrected chi connectivity index (χ3v) is 17.1. The van der Waals surface area contributed by atoms with Gasteiger partial charge in [0.1, 0.15) is 25.3 Å². The summed E-state index contributed by atoms with van der Waals surface area (Å²) in [4.78, 5) is 48.2. The molecule has 0 amide bonds. The Morgan fingerprint density at radius 3 is 0.705 bits per heavy atom. The molecule has 88 heavy (non-hydrogen) atoms. The smallest absolute Gasteiger partial charge is 0.116 e. The summed E-state index contributed by atoms with van der Waals surface area (Å²) < 4.78 is 0. The van der Waals surface area contributed by atoms with Gasteiger partial charge in [-0.3, -0.25) is 0 Å². The van der Waals surface area contributed by atoms with E-state index in [0.29, 0.717) is 0 Å². The van der Waals surface area contributed by atoms with Crippen LogP contribution in [0, 0.1) is 27.7 Å². The van der Waals surface area contributed by atoms with Crippen LogP contribution in [0.25, 0.3) is 75.9 Å². The molecular formula is C76H54N12. The summed E-state index contributed by atoms with van der Waals surface area (Å²) in [5.74, 6) is 0. The van der Waals surface area contributed by atoms with Gasteiger partial charge in [0.05, 0.1) is 67.6 Å². The van der Waals surface area contributed by atoms with E-state index < -0.39 is 0 Å². The van der Waals surface area contributed by atoms with Gasteiger partial charge in [0.2, 0.25) is 0 Å². The molecule has 12 aromatic carbocycles. The molecule has 12 nitrogen and oxygen atoms in total. The number of fused-ring (bicyclic) bond motifs is 4. The zero-order valence-electron chi connectivity index (χ0n) is 48.6. The molecule has 4 heterocycles. The van der Waals surface area contributed by atoms with Crippen molar-refractivity contribution in [2.24, 2.45) is 0 Å². The predicted octanol–water partition coefficient (Wildman–Crippen LogP) is 19.5. The average Bonchev–Trinajstić information content (AvgIpc) is 0.717. The van der Waals surface area contributed by atoms with Crippen molar-refractivity contribution in [2.75, 3.05) is 19.6 Å². The highest BCUT2D eigenvalue weighted by atomic mass is 15.2. The first-order chi connectivity index (χ1) is 43.4. The molecule has 0 aliphatic heterocycles. The number of nitrogens with zero attached hydrogens (tertiary/aromatic N) is 12. The van der Waals surface area contributed by atoms with Crippen molar-refractivity contribution in [2.45, 2.75) is 27.7 Å². The number of benzene rings is 12. The lowest BCUT2D eigenvalue weighted by Crippen LogP contribution is -2.18. The summed E-state index contributed by atoms with van der Waals surface area (Å²) in [5.41, 5.74) is 18.9. The zero-order valence-corrected chi connectivity index (χ0v) is 48.6. The highest BCUT2D eigenvalue weighted by Gasteiger charge is 2.32. The maximum Gasteiger partial charge on any atom is 0.116 e. The topological polar surface area (TPSA) is 116 Å². The quantitative estimate of drug-likeness (QED) is 0.108. The minimum absolute atomic E-state index is 0.831. The molecule has 0 N–H and O–H groups in total. The normalized spacial score (nSPS) is 11.6. The molecule has 0 saturated heterocycles. The Hall–Kier alpha value is -11.8. The van der Waals surface area contributed by atoms with E-state index in [2.05, 4.69) is 273 Å². The summed E-state index contributed by atoms with van der Waals surface area (Å²) in [6.07, 6.45) is 14.2. The first kappa shape index (κ1) is 51.8. The Morgan fingerprint density at radius 2 is 0.477 bits per heavy atom. The van der Waals surface area contributed by atoms with E-state index >= 15 is 0 Å². The average molecular weight is 1140 g/mol. The number of hydrogen-bond acceptors (Lipinski definition) is 12. The molecule has 418 valence electrons. The number of aryl methyl sites for hydroxylation is 4. The maximum atomic E-state index is 5.10. The number of hydrogen-bond donors (Lipinski definition) is 0. The fraction of sp³-hybridized carbons (Fsp3) is 0.0526. The Bertz CT molecular complexity index is 4700. The Kier molecular flexibility index (Phi) is 12.4. The summed E-state index contributed by atoms with van der Waals surface area (Å²) in [7, 11) is 0. The third-order valence-electron chi connectivity index (χ3n) is 17.1. The van der Waals surface area contributed by atoms with Crippen LogP contribution in [-0.4, -0.2) is 39.9 Å². The van der Waals surface area contributed by atoms with Crippen LogP contribution >= 0.6 is 0 Å². The van der Waals surface area contributed by atoms with Crippen molar-refractivity contribution in [3.05, 3.63) is 279 Å². The SMILES string of the molecule is Cc1ccc2cncnc2c1N(c1ccccc1)c1cc(N(c2ccccc2)c2c(C)ccc3cncnc23)c2ccc3c(N(c4ccccc4)c4c(C)ccc5cncnc45)cc(N(c4ccccc4)c4c(C)ccc5cncnc45)c4ccc1c2c43. The van der Waals surface area contributed by atoms with Crippen LogP contribution in [0.15, 0.2) is 256 Å². The van der Waals surface area contributed by atoms with Crippen LogP contribution in [0.5, 0.6) is 0 Å². The number of rotatable bonds is 12. The fourth-order valence-corrected chi connectivity index (χ4v) is 13.2. The lowest BCUT2D eigenvalue weighted by atomic mass is 9.88. The second-order valence-electron chi connectivity index (χ2n) is 22.4. The van der Waals surface area contributed by atoms with Gasteiger partial charge < -0.3 is 19.6 Å². The second kappa shape index (κ2) is 21.1. The highest BCUT2D eigenvalue weighted by molar-refractivity contribution is 6.33. The van der Waals surface area contributed by atoms with E-state index in [4.69, 9.17) is 19.9 Å². The van der Waals surface area contributed by atoms with Crippen molar-refractivity contribution < 1.29 is 0 Å². The lowest BCUT2D eigenvalue weighted by Gasteiger charge is -2.35. The van der Waals surface area contributed by atoms with Gasteiger partial charge in [0.15, 0.2) is 0 Å². The van der Waals surface area contributed by atoms with Crippen LogP contribution in [0.2, 0.25) is 0 Å². The van der Waals surface area contributed by atoms with E-state index in [1.165, 1.54) is 0 Å². The van der Waals surface area contributed by atoms with Gasteiger partial charge in [-0.15, -0.1) is 0 Å². The molecule has 0 aliphatic carbocycles. The number of aromatic nitrogens is 8. The lowest BCUT2D eigenvalue weighted by molar-refractivity contribution is 1.19. The van der Waals surface area contributed by atoms with Gasteiger partial charge in [-0.05, 0) is 111 Å². The first-order valence-electron chi connectivity index (χ1n) is 29.3. The van der Waals surface area contributed by atoms with Crippen LogP contribution in [-0.2, 0) is 0 Å². The summed E-state index contributed by atoms with van der Waals surface area (Å²) >= 11 is 0. The zero-order chi connectivity index (χ0) is 59.0. The highest BCUT2D eigenvalue weighted by Crippen LogP contribution is 2.57. The van der Waals surface area contributed by atoms with E-state index in [9.17, 15) is 0 Å².